The molecule has 1 amide bonds. The smallest absolute Gasteiger partial charge is 0.273 e. The molecule has 8 nitrogen and oxygen atoms in total. The van der Waals surface area contributed by atoms with Gasteiger partial charge in [0, 0.05) is 43.7 Å². The molecule has 3 fully saturated rings. The number of amides is 1. The molecule has 1 aromatic heterocycles. The van der Waals surface area contributed by atoms with Crippen LogP contribution in [0.1, 0.15) is 79.1 Å². The Morgan fingerprint density at radius 1 is 0.971 bits per heavy atom. The average Bonchev–Trinajstić information content (AvgIpc) is 3.60. The minimum absolute atomic E-state index is 0.0406. The number of aromatic nitrogens is 1. The molecule has 2 N–H and O–H groups in total. The summed E-state index contributed by atoms with van der Waals surface area (Å²) in [6, 6.07) is 12.5. The van der Waals surface area contributed by atoms with E-state index in [1.54, 1.807) is 10.4 Å². The lowest BCUT2D eigenvalue weighted by Gasteiger charge is -2.34. The fourth-order valence-corrected chi connectivity index (χ4v) is 7.20. The van der Waals surface area contributed by atoms with Gasteiger partial charge in [0.25, 0.3) is 5.91 Å². The molecule has 2 aromatic rings. The van der Waals surface area contributed by atoms with E-state index in [0.717, 1.165) is 50.8 Å². The van der Waals surface area contributed by atoms with Crippen molar-refractivity contribution in [2.75, 3.05) is 18.8 Å². The topological polar surface area (TPSA) is 105 Å². The van der Waals surface area contributed by atoms with Crippen molar-refractivity contribution in [3.63, 3.8) is 0 Å². The Morgan fingerprint density at radius 3 is 2.37 bits per heavy atom. The minimum Gasteiger partial charge on any atom is -0.360 e. The van der Waals surface area contributed by atoms with Gasteiger partial charge in [-0.05, 0) is 62.8 Å². The second-order valence-corrected chi connectivity index (χ2v) is 12.4. The number of hydrogen-bond acceptors (Lipinski definition) is 6. The number of carbonyl (C=O) groups excluding carboxylic acids is 1. The Balaban J connectivity index is 1.02. The molecule has 1 aliphatic heterocycles. The van der Waals surface area contributed by atoms with Gasteiger partial charge in [-0.2, -0.15) is 0 Å². The van der Waals surface area contributed by atoms with Crippen LogP contribution in [0.3, 0.4) is 0 Å². The van der Waals surface area contributed by atoms with Crippen LogP contribution in [0.2, 0.25) is 0 Å². The summed E-state index contributed by atoms with van der Waals surface area (Å²) in [4.78, 5) is 12.5. The van der Waals surface area contributed by atoms with Crippen molar-refractivity contribution in [1.82, 2.24) is 20.1 Å². The molecule has 1 saturated heterocycles. The van der Waals surface area contributed by atoms with Crippen LogP contribution in [0.25, 0.3) is 0 Å². The molecule has 0 bridgehead atoms. The zero-order chi connectivity index (χ0) is 24.3. The van der Waals surface area contributed by atoms with Gasteiger partial charge in [-0.3, -0.25) is 4.79 Å². The molecule has 0 radical (unpaired) electrons. The summed E-state index contributed by atoms with van der Waals surface area (Å²) in [5.74, 6) is 1.42. The molecule has 2 aliphatic carbocycles. The number of carbonyl (C=O) groups is 1. The molecular formula is C26H36N4O4S. The highest BCUT2D eigenvalue weighted by atomic mass is 32.2. The normalized spacial score (nSPS) is 24.3. The molecule has 2 heterocycles. The Labute approximate surface area is 207 Å². The Hall–Kier alpha value is -2.23. The van der Waals surface area contributed by atoms with Gasteiger partial charge in [0.1, 0.15) is 5.76 Å². The Kier molecular flexibility index (Phi) is 7.55. The number of rotatable bonds is 9. The molecular weight excluding hydrogens is 464 g/mol. The summed E-state index contributed by atoms with van der Waals surface area (Å²) in [6.07, 6.45) is 7.35. The van der Waals surface area contributed by atoms with Crippen molar-refractivity contribution < 1.29 is 17.7 Å². The van der Waals surface area contributed by atoms with E-state index in [2.05, 4.69) is 40.1 Å². The first-order chi connectivity index (χ1) is 17.0. The monoisotopic (exact) mass is 500 g/mol. The van der Waals surface area contributed by atoms with Crippen molar-refractivity contribution in [2.24, 2.45) is 5.92 Å². The van der Waals surface area contributed by atoms with Gasteiger partial charge in [0.2, 0.25) is 10.0 Å². The molecule has 5 rings (SSSR count). The Bertz CT molecular complexity index is 1080. The maximum Gasteiger partial charge on any atom is 0.273 e. The summed E-state index contributed by atoms with van der Waals surface area (Å²) in [5.41, 5.74) is 1.59. The lowest BCUT2D eigenvalue weighted by molar-refractivity contribution is 0.0914. The fraction of sp³-hybridized carbons (Fsp3) is 0.615. The van der Waals surface area contributed by atoms with E-state index in [1.165, 1.54) is 5.56 Å². The lowest BCUT2D eigenvalue weighted by Crippen LogP contribution is -2.47. The largest absolute Gasteiger partial charge is 0.360 e. The van der Waals surface area contributed by atoms with Crippen LogP contribution in [-0.2, 0) is 16.6 Å². The van der Waals surface area contributed by atoms with Crippen molar-refractivity contribution >= 4 is 15.9 Å². The van der Waals surface area contributed by atoms with Crippen LogP contribution in [-0.4, -0.2) is 54.7 Å². The van der Waals surface area contributed by atoms with E-state index in [4.69, 9.17) is 4.52 Å². The second kappa shape index (κ2) is 10.8. The molecule has 0 unspecified atom stereocenters. The molecule has 1 aromatic carbocycles. The highest BCUT2D eigenvalue weighted by molar-refractivity contribution is 7.89. The van der Waals surface area contributed by atoms with E-state index in [-0.39, 0.29) is 23.6 Å². The number of hydrogen-bond donors (Lipinski definition) is 2. The number of nitrogens with one attached hydrogen (secondary N) is 2. The maximum absolute atomic E-state index is 13.1. The predicted octanol–water partition coefficient (Wildman–Crippen LogP) is 3.42. The molecule has 3 aliphatic rings. The molecule has 2 saturated carbocycles. The minimum atomic E-state index is -3.29. The number of piperidine rings is 1. The predicted molar refractivity (Wildman–Crippen MR) is 133 cm³/mol. The average molecular weight is 501 g/mol. The SMILES string of the molecule is O=C(NC1CCN(S(=O)(=O)CC2CCC(NCc3ccccc3)CC2)CC1)c1cc(C2CC2)on1. The quantitative estimate of drug-likeness (QED) is 0.547. The molecule has 9 heteroatoms. The summed E-state index contributed by atoms with van der Waals surface area (Å²) in [5, 5.41) is 10.5. The van der Waals surface area contributed by atoms with Crippen molar-refractivity contribution in [3.8, 4) is 0 Å². The summed E-state index contributed by atoms with van der Waals surface area (Å²) in [7, 11) is -3.29. The molecule has 190 valence electrons. The van der Waals surface area contributed by atoms with Crippen LogP contribution >= 0.6 is 0 Å². The summed E-state index contributed by atoms with van der Waals surface area (Å²) < 4.78 is 33.0. The maximum atomic E-state index is 13.1. The van der Waals surface area contributed by atoms with E-state index < -0.39 is 10.0 Å². The van der Waals surface area contributed by atoms with E-state index in [1.807, 2.05) is 6.07 Å². The van der Waals surface area contributed by atoms with E-state index >= 15 is 0 Å². The first kappa shape index (κ1) is 24.5. The van der Waals surface area contributed by atoms with Gasteiger partial charge in [-0.25, -0.2) is 12.7 Å². The zero-order valence-electron chi connectivity index (χ0n) is 20.2. The fourth-order valence-electron chi connectivity index (χ4n) is 5.29. The molecule has 35 heavy (non-hydrogen) atoms. The van der Waals surface area contributed by atoms with Crippen molar-refractivity contribution in [3.05, 3.63) is 53.4 Å². The molecule has 0 spiro atoms. The third-order valence-electron chi connectivity index (χ3n) is 7.65. The van der Waals surface area contributed by atoms with Crippen LogP contribution in [0.4, 0.5) is 0 Å². The second-order valence-electron chi connectivity index (χ2n) is 10.4. The highest BCUT2D eigenvalue weighted by Crippen LogP contribution is 2.40. The van der Waals surface area contributed by atoms with Gasteiger partial charge >= 0.3 is 0 Å². The Morgan fingerprint density at radius 2 is 1.69 bits per heavy atom. The van der Waals surface area contributed by atoms with Crippen molar-refractivity contribution in [1.29, 1.82) is 0 Å². The number of sulfonamides is 1. The van der Waals surface area contributed by atoms with Crippen molar-refractivity contribution in [2.45, 2.75) is 75.9 Å². The van der Waals surface area contributed by atoms with Gasteiger partial charge in [0.05, 0.1) is 5.75 Å². The van der Waals surface area contributed by atoms with Gasteiger partial charge < -0.3 is 15.2 Å². The number of nitrogens with zero attached hydrogens (tertiary/aromatic N) is 2. The summed E-state index contributed by atoms with van der Waals surface area (Å²) in [6.45, 7) is 1.76. The van der Waals surface area contributed by atoms with Crippen LogP contribution in [0.5, 0.6) is 0 Å². The van der Waals surface area contributed by atoms with Gasteiger partial charge in [0.15, 0.2) is 5.69 Å². The highest BCUT2D eigenvalue weighted by Gasteiger charge is 2.33. The number of benzene rings is 1. The van der Waals surface area contributed by atoms with E-state index in [0.29, 0.717) is 43.6 Å². The zero-order valence-corrected chi connectivity index (χ0v) is 21.0. The van der Waals surface area contributed by atoms with Crippen LogP contribution in [0.15, 0.2) is 40.9 Å². The first-order valence-corrected chi connectivity index (χ1v) is 14.6. The lowest BCUT2D eigenvalue weighted by atomic mass is 9.87. The molecule has 0 atom stereocenters. The van der Waals surface area contributed by atoms with Crippen LogP contribution in [0, 0.1) is 5.92 Å². The van der Waals surface area contributed by atoms with Gasteiger partial charge in [-0.15, -0.1) is 0 Å². The standard InChI is InChI=1S/C26H36N4O4S/c31-26(24-16-25(34-29-24)21-8-9-21)28-23-12-14-30(15-13-23)35(32,33)18-20-6-10-22(11-7-20)27-17-19-4-2-1-3-5-19/h1-5,16,20-23,27H,6-15,17-18H2,(H,28,31). The van der Waals surface area contributed by atoms with E-state index in [9.17, 15) is 13.2 Å². The third-order valence-corrected chi connectivity index (χ3v) is 9.70. The first-order valence-electron chi connectivity index (χ1n) is 13.0. The van der Waals surface area contributed by atoms with Crippen LogP contribution < -0.4 is 10.6 Å². The summed E-state index contributed by atoms with van der Waals surface area (Å²) >= 11 is 0. The van der Waals surface area contributed by atoms with Gasteiger partial charge in [-0.1, -0.05) is 35.5 Å². The third kappa shape index (κ3) is 6.51.